The number of alkyl halides is 3. The topological polar surface area (TPSA) is 67.4 Å². The number of hydrogen-bond donors (Lipinski definition) is 2. The van der Waals surface area contributed by atoms with Crippen molar-refractivity contribution < 1.29 is 27.5 Å². The minimum Gasteiger partial charge on any atom is -0.482 e. The first-order chi connectivity index (χ1) is 10.7. The lowest BCUT2D eigenvalue weighted by atomic mass is 10.2. The van der Waals surface area contributed by atoms with Crippen LogP contribution in [0.3, 0.4) is 0 Å². The maximum atomic E-state index is 12.2. The van der Waals surface area contributed by atoms with Gasteiger partial charge in [0, 0.05) is 19.9 Å². The number of rotatable bonds is 7. The van der Waals surface area contributed by atoms with Crippen molar-refractivity contribution in [3.63, 3.8) is 0 Å². The van der Waals surface area contributed by atoms with E-state index in [9.17, 15) is 22.8 Å². The fourth-order valence-corrected chi connectivity index (χ4v) is 1.75. The number of benzene rings is 1. The van der Waals surface area contributed by atoms with Gasteiger partial charge in [0.15, 0.2) is 6.61 Å². The normalized spacial score (nSPS) is 11.0. The Morgan fingerprint density at radius 1 is 1.26 bits per heavy atom. The number of ether oxygens (including phenoxy) is 1. The number of carbonyl (C=O) groups excluding carboxylic acids is 2. The van der Waals surface area contributed by atoms with Gasteiger partial charge in [-0.05, 0) is 31.0 Å². The molecular weight excluding hydrogens is 313 g/mol. The number of halogens is 3. The van der Waals surface area contributed by atoms with E-state index < -0.39 is 12.8 Å². The fourth-order valence-electron chi connectivity index (χ4n) is 1.75. The molecule has 0 heterocycles. The average molecular weight is 332 g/mol. The molecular formula is C15H19F3N2O3. The highest BCUT2D eigenvalue weighted by Crippen LogP contribution is 2.28. The van der Waals surface area contributed by atoms with Crippen LogP contribution in [0.25, 0.3) is 0 Å². The van der Waals surface area contributed by atoms with Crippen LogP contribution in [-0.4, -0.2) is 31.1 Å². The largest absolute Gasteiger partial charge is 0.482 e. The van der Waals surface area contributed by atoms with Crippen molar-refractivity contribution in [2.24, 2.45) is 0 Å². The molecule has 0 aliphatic carbocycles. The molecule has 0 bridgehead atoms. The summed E-state index contributed by atoms with van der Waals surface area (Å²) in [5, 5.41) is 5.09. The standard InChI is InChI=1S/C15H19F3N2O3/c1-10-5-6-13(23-9-15(16,17)18)12(8-10)20-14(22)4-3-7-19-11(2)21/h5-6,8H,3-4,7,9H2,1-2H3,(H,19,21)(H,20,22). The first-order valence-electron chi connectivity index (χ1n) is 7.02. The molecule has 0 saturated heterocycles. The molecule has 5 nitrogen and oxygen atoms in total. The first-order valence-corrected chi connectivity index (χ1v) is 7.02. The number of aryl methyl sites for hydroxylation is 1. The monoisotopic (exact) mass is 332 g/mol. The quantitative estimate of drug-likeness (QED) is 0.755. The van der Waals surface area contributed by atoms with Crippen LogP contribution in [0.4, 0.5) is 18.9 Å². The summed E-state index contributed by atoms with van der Waals surface area (Å²) in [5.41, 5.74) is 0.969. The molecule has 1 aromatic rings. The molecule has 0 aliphatic rings. The maximum absolute atomic E-state index is 12.2. The van der Waals surface area contributed by atoms with Crippen molar-refractivity contribution in [3.8, 4) is 5.75 Å². The van der Waals surface area contributed by atoms with E-state index in [-0.39, 0.29) is 29.7 Å². The van der Waals surface area contributed by atoms with Crippen LogP contribution in [0, 0.1) is 6.92 Å². The Bertz CT molecular complexity index is 559. The molecule has 0 unspecified atom stereocenters. The molecule has 23 heavy (non-hydrogen) atoms. The third-order valence-corrected chi connectivity index (χ3v) is 2.76. The van der Waals surface area contributed by atoms with Gasteiger partial charge in [0.2, 0.25) is 11.8 Å². The van der Waals surface area contributed by atoms with Crippen LogP contribution in [0.1, 0.15) is 25.3 Å². The highest BCUT2D eigenvalue weighted by Gasteiger charge is 2.28. The predicted octanol–water partition coefficient (Wildman–Crippen LogP) is 2.79. The highest BCUT2D eigenvalue weighted by molar-refractivity contribution is 5.92. The van der Waals surface area contributed by atoms with Gasteiger partial charge in [0.1, 0.15) is 5.75 Å². The Morgan fingerprint density at radius 2 is 1.96 bits per heavy atom. The zero-order chi connectivity index (χ0) is 17.5. The van der Waals surface area contributed by atoms with Gasteiger partial charge in [-0.2, -0.15) is 13.2 Å². The average Bonchev–Trinajstić information content (AvgIpc) is 2.41. The summed E-state index contributed by atoms with van der Waals surface area (Å²) in [7, 11) is 0. The molecule has 2 amide bonds. The molecule has 2 N–H and O–H groups in total. The Balaban J connectivity index is 2.61. The minimum atomic E-state index is -4.45. The van der Waals surface area contributed by atoms with Crippen LogP contribution in [0.15, 0.2) is 18.2 Å². The van der Waals surface area contributed by atoms with E-state index in [0.717, 1.165) is 5.56 Å². The van der Waals surface area contributed by atoms with Crippen LogP contribution in [0.2, 0.25) is 0 Å². The summed E-state index contributed by atoms with van der Waals surface area (Å²) in [6.07, 6.45) is -3.90. The lowest BCUT2D eigenvalue weighted by molar-refractivity contribution is -0.153. The maximum Gasteiger partial charge on any atom is 0.422 e. The summed E-state index contributed by atoms with van der Waals surface area (Å²) in [5.74, 6) is -0.590. The van der Waals surface area contributed by atoms with Crippen LogP contribution in [-0.2, 0) is 9.59 Å². The molecule has 0 fully saturated rings. The van der Waals surface area contributed by atoms with Gasteiger partial charge >= 0.3 is 6.18 Å². The SMILES string of the molecule is CC(=O)NCCCC(=O)Nc1cc(C)ccc1OCC(F)(F)F. The number of hydrogen-bond acceptors (Lipinski definition) is 3. The van der Waals surface area contributed by atoms with E-state index in [0.29, 0.717) is 13.0 Å². The smallest absolute Gasteiger partial charge is 0.422 e. The lowest BCUT2D eigenvalue weighted by Gasteiger charge is -2.14. The Labute approximate surface area is 132 Å². The van der Waals surface area contributed by atoms with Gasteiger partial charge < -0.3 is 15.4 Å². The van der Waals surface area contributed by atoms with Crippen molar-refractivity contribution in [1.82, 2.24) is 5.32 Å². The predicted molar refractivity (Wildman–Crippen MR) is 79.3 cm³/mol. The van der Waals surface area contributed by atoms with Gasteiger partial charge in [-0.3, -0.25) is 9.59 Å². The van der Waals surface area contributed by atoms with Gasteiger partial charge in [-0.25, -0.2) is 0 Å². The van der Waals surface area contributed by atoms with Crippen molar-refractivity contribution in [2.45, 2.75) is 32.9 Å². The third-order valence-electron chi connectivity index (χ3n) is 2.76. The highest BCUT2D eigenvalue weighted by atomic mass is 19.4. The van der Waals surface area contributed by atoms with Crippen LogP contribution >= 0.6 is 0 Å². The van der Waals surface area contributed by atoms with E-state index in [4.69, 9.17) is 4.74 Å². The lowest BCUT2D eigenvalue weighted by Crippen LogP contribution is -2.23. The first kappa shape index (κ1) is 18.8. The van der Waals surface area contributed by atoms with Crippen molar-refractivity contribution in [2.75, 3.05) is 18.5 Å². The molecule has 0 radical (unpaired) electrons. The van der Waals surface area contributed by atoms with E-state index in [1.807, 2.05) is 0 Å². The molecule has 0 spiro atoms. The van der Waals surface area contributed by atoms with Gasteiger partial charge in [0.25, 0.3) is 0 Å². The molecule has 128 valence electrons. The molecule has 1 rings (SSSR count). The summed E-state index contributed by atoms with van der Waals surface area (Å²) in [6.45, 7) is 2.05. The summed E-state index contributed by atoms with van der Waals surface area (Å²) in [4.78, 5) is 22.5. The third kappa shape index (κ3) is 8.08. The minimum absolute atomic E-state index is 0.0388. The Hall–Kier alpha value is -2.25. The molecule has 1 aromatic carbocycles. The van der Waals surface area contributed by atoms with Crippen LogP contribution < -0.4 is 15.4 Å². The van der Waals surface area contributed by atoms with Crippen molar-refractivity contribution >= 4 is 17.5 Å². The summed E-state index contributed by atoms with van der Waals surface area (Å²) >= 11 is 0. The molecule has 0 aromatic heterocycles. The fraction of sp³-hybridized carbons (Fsp3) is 0.467. The number of anilines is 1. The summed E-state index contributed by atoms with van der Waals surface area (Å²) in [6, 6.07) is 4.52. The zero-order valence-electron chi connectivity index (χ0n) is 12.9. The number of nitrogens with one attached hydrogen (secondary N) is 2. The molecule has 8 heteroatoms. The number of carbonyl (C=O) groups is 2. The Kier molecular flexibility index (Phi) is 6.87. The van der Waals surface area contributed by atoms with E-state index in [1.165, 1.54) is 19.1 Å². The molecule has 0 saturated carbocycles. The molecule has 0 atom stereocenters. The molecule has 0 aliphatic heterocycles. The second kappa shape index (κ2) is 8.40. The van der Waals surface area contributed by atoms with Gasteiger partial charge in [-0.15, -0.1) is 0 Å². The van der Waals surface area contributed by atoms with E-state index >= 15 is 0 Å². The summed E-state index contributed by atoms with van der Waals surface area (Å²) < 4.78 is 41.4. The van der Waals surface area contributed by atoms with E-state index in [2.05, 4.69) is 10.6 Å². The Morgan fingerprint density at radius 3 is 2.57 bits per heavy atom. The second-order valence-electron chi connectivity index (χ2n) is 5.04. The van der Waals surface area contributed by atoms with Gasteiger partial charge in [-0.1, -0.05) is 6.07 Å². The second-order valence-corrected chi connectivity index (χ2v) is 5.04. The van der Waals surface area contributed by atoms with Crippen LogP contribution in [0.5, 0.6) is 5.75 Å². The van der Waals surface area contributed by atoms with Crippen molar-refractivity contribution in [3.05, 3.63) is 23.8 Å². The van der Waals surface area contributed by atoms with E-state index in [1.54, 1.807) is 13.0 Å². The zero-order valence-corrected chi connectivity index (χ0v) is 12.9. The number of amides is 2. The van der Waals surface area contributed by atoms with Gasteiger partial charge in [0.05, 0.1) is 5.69 Å². The van der Waals surface area contributed by atoms with Crippen molar-refractivity contribution in [1.29, 1.82) is 0 Å².